The maximum absolute atomic E-state index is 6.09. The molecule has 0 spiro atoms. The van der Waals surface area contributed by atoms with E-state index in [0.717, 1.165) is 12.6 Å². The third kappa shape index (κ3) is 2.05. The van der Waals surface area contributed by atoms with Gasteiger partial charge in [-0.3, -0.25) is 0 Å². The minimum Gasteiger partial charge on any atom is -0.324 e. The van der Waals surface area contributed by atoms with E-state index in [1.165, 1.54) is 25.7 Å². The second kappa shape index (κ2) is 2.71. The fraction of sp³-hybridized carbons (Fsp3) is 1.00. The maximum atomic E-state index is 6.09. The lowest BCUT2D eigenvalue weighted by Gasteiger charge is -2.47. The zero-order chi connectivity index (χ0) is 9.69. The van der Waals surface area contributed by atoms with Crippen molar-refractivity contribution < 1.29 is 0 Å². The molecule has 2 nitrogen and oxygen atoms in total. The van der Waals surface area contributed by atoms with E-state index in [9.17, 15) is 0 Å². The Morgan fingerprint density at radius 1 is 1.31 bits per heavy atom. The summed E-state index contributed by atoms with van der Waals surface area (Å²) in [5.41, 5.74) is 6.87. The van der Waals surface area contributed by atoms with E-state index >= 15 is 0 Å². The maximum Gasteiger partial charge on any atom is 0.0284 e. The van der Waals surface area contributed by atoms with Crippen molar-refractivity contribution >= 4 is 0 Å². The number of hydrogen-bond acceptors (Lipinski definition) is 2. The summed E-state index contributed by atoms with van der Waals surface area (Å²) in [5, 5.41) is 0. The average molecular weight is 182 g/mol. The van der Waals surface area contributed by atoms with E-state index in [1.54, 1.807) is 0 Å². The number of nitrogens with two attached hydrogens (primary N) is 1. The molecule has 2 rings (SSSR count). The Morgan fingerprint density at radius 3 is 2.23 bits per heavy atom. The molecule has 0 aromatic rings. The van der Waals surface area contributed by atoms with Crippen molar-refractivity contribution in [2.24, 2.45) is 11.1 Å². The molecular weight excluding hydrogens is 160 g/mol. The standard InChI is InChI=1S/C11H22N2/c1-10(2)6-9(7-10)13(3)8-11(12)4-5-11/h9H,4-8,12H2,1-3H3. The van der Waals surface area contributed by atoms with Crippen molar-refractivity contribution in [3.05, 3.63) is 0 Å². The van der Waals surface area contributed by atoms with E-state index in [1.807, 2.05) is 0 Å². The summed E-state index contributed by atoms with van der Waals surface area (Å²) in [6.45, 7) is 5.81. The summed E-state index contributed by atoms with van der Waals surface area (Å²) in [6, 6.07) is 0.802. The van der Waals surface area contributed by atoms with Gasteiger partial charge in [0.1, 0.15) is 0 Å². The first-order valence-electron chi connectivity index (χ1n) is 5.39. The van der Waals surface area contributed by atoms with Gasteiger partial charge < -0.3 is 10.6 Å². The highest BCUT2D eigenvalue weighted by Crippen LogP contribution is 2.43. The molecule has 2 fully saturated rings. The van der Waals surface area contributed by atoms with Crippen LogP contribution in [0.4, 0.5) is 0 Å². The molecule has 2 N–H and O–H groups in total. The fourth-order valence-electron chi connectivity index (χ4n) is 2.47. The molecule has 2 aliphatic carbocycles. The van der Waals surface area contributed by atoms with Crippen molar-refractivity contribution in [3.8, 4) is 0 Å². The Hall–Kier alpha value is -0.0800. The Morgan fingerprint density at radius 2 is 1.85 bits per heavy atom. The van der Waals surface area contributed by atoms with Gasteiger partial charge in [-0.15, -0.1) is 0 Å². The number of likely N-dealkylation sites (N-methyl/N-ethyl adjacent to an activating group) is 1. The van der Waals surface area contributed by atoms with E-state index in [2.05, 4.69) is 25.8 Å². The molecule has 13 heavy (non-hydrogen) atoms. The van der Waals surface area contributed by atoms with Crippen LogP contribution in [0.5, 0.6) is 0 Å². The SMILES string of the molecule is CN(CC1(N)CC1)C1CC(C)(C)C1. The van der Waals surface area contributed by atoms with Gasteiger partial charge in [0, 0.05) is 18.1 Å². The summed E-state index contributed by atoms with van der Waals surface area (Å²) in [6.07, 6.45) is 5.15. The molecule has 0 radical (unpaired) electrons. The van der Waals surface area contributed by atoms with Crippen LogP contribution in [0.25, 0.3) is 0 Å². The van der Waals surface area contributed by atoms with Crippen LogP contribution in [0.1, 0.15) is 39.5 Å². The van der Waals surface area contributed by atoms with Gasteiger partial charge >= 0.3 is 0 Å². The lowest BCUT2D eigenvalue weighted by Crippen LogP contribution is -2.50. The monoisotopic (exact) mass is 182 g/mol. The fourth-order valence-corrected chi connectivity index (χ4v) is 2.47. The second-order valence-electron chi connectivity index (χ2n) is 6.00. The highest BCUT2D eigenvalue weighted by molar-refractivity contribution is 5.03. The van der Waals surface area contributed by atoms with Gasteiger partial charge in [-0.2, -0.15) is 0 Å². The number of hydrogen-bond donors (Lipinski definition) is 1. The summed E-state index contributed by atoms with van der Waals surface area (Å²) < 4.78 is 0. The first-order valence-corrected chi connectivity index (χ1v) is 5.39. The Bertz CT molecular complexity index is 198. The van der Waals surface area contributed by atoms with Crippen LogP contribution in [-0.2, 0) is 0 Å². The minimum absolute atomic E-state index is 0.189. The average Bonchev–Trinajstić information content (AvgIpc) is 2.62. The molecular formula is C11H22N2. The van der Waals surface area contributed by atoms with Crippen molar-refractivity contribution in [2.45, 2.75) is 51.1 Å². The first kappa shape index (κ1) is 9.47. The summed E-state index contributed by atoms with van der Waals surface area (Å²) >= 11 is 0. The van der Waals surface area contributed by atoms with Gasteiger partial charge in [-0.25, -0.2) is 0 Å². The smallest absolute Gasteiger partial charge is 0.0284 e. The van der Waals surface area contributed by atoms with E-state index in [4.69, 9.17) is 5.73 Å². The van der Waals surface area contributed by atoms with Gasteiger partial charge in [-0.05, 0) is 38.1 Å². The molecule has 0 aromatic carbocycles. The number of nitrogens with zero attached hydrogens (tertiary/aromatic N) is 1. The lowest BCUT2D eigenvalue weighted by molar-refractivity contribution is 0.0371. The number of rotatable bonds is 3. The molecule has 2 aliphatic rings. The quantitative estimate of drug-likeness (QED) is 0.718. The lowest BCUT2D eigenvalue weighted by atomic mass is 9.68. The van der Waals surface area contributed by atoms with Gasteiger partial charge in [0.2, 0.25) is 0 Å². The largest absolute Gasteiger partial charge is 0.324 e. The van der Waals surface area contributed by atoms with E-state index < -0.39 is 0 Å². The third-order valence-electron chi connectivity index (χ3n) is 3.66. The molecule has 0 atom stereocenters. The highest BCUT2D eigenvalue weighted by atomic mass is 15.2. The van der Waals surface area contributed by atoms with E-state index in [-0.39, 0.29) is 5.54 Å². The molecule has 0 aliphatic heterocycles. The van der Waals surface area contributed by atoms with Crippen LogP contribution in [-0.4, -0.2) is 30.1 Å². The molecule has 0 amide bonds. The molecule has 0 heterocycles. The van der Waals surface area contributed by atoms with Crippen LogP contribution >= 0.6 is 0 Å². The molecule has 0 saturated heterocycles. The van der Waals surface area contributed by atoms with Crippen LogP contribution in [0.3, 0.4) is 0 Å². The van der Waals surface area contributed by atoms with Crippen LogP contribution in [0, 0.1) is 5.41 Å². The zero-order valence-corrected chi connectivity index (χ0v) is 9.14. The molecule has 0 aromatic heterocycles. The van der Waals surface area contributed by atoms with Crippen molar-refractivity contribution in [1.82, 2.24) is 4.90 Å². The predicted octanol–water partition coefficient (Wildman–Crippen LogP) is 1.60. The first-order chi connectivity index (χ1) is 5.90. The molecule has 2 saturated carbocycles. The van der Waals surface area contributed by atoms with Crippen molar-refractivity contribution in [1.29, 1.82) is 0 Å². The van der Waals surface area contributed by atoms with Gasteiger partial charge in [0.15, 0.2) is 0 Å². The van der Waals surface area contributed by atoms with Crippen LogP contribution < -0.4 is 5.73 Å². The van der Waals surface area contributed by atoms with Gasteiger partial charge in [-0.1, -0.05) is 13.8 Å². The molecule has 2 heteroatoms. The normalized spacial score (nSPS) is 30.2. The van der Waals surface area contributed by atoms with Crippen molar-refractivity contribution in [2.75, 3.05) is 13.6 Å². The Labute approximate surface area is 81.5 Å². The third-order valence-corrected chi connectivity index (χ3v) is 3.66. The van der Waals surface area contributed by atoms with Crippen LogP contribution in [0.15, 0.2) is 0 Å². The van der Waals surface area contributed by atoms with Crippen molar-refractivity contribution in [3.63, 3.8) is 0 Å². The van der Waals surface area contributed by atoms with Gasteiger partial charge in [0.05, 0.1) is 0 Å². The molecule has 76 valence electrons. The molecule has 0 bridgehead atoms. The zero-order valence-electron chi connectivity index (χ0n) is 9.14. The molecule has 0 unspecified atom stereocenters. The highest BCUT2D eigenvalue weighted by Gasteiger charge is 2.44. The minimum atomic E-state index is 0.189. The Balaban J connectivity index is 1.76. The summed E-state index contributed by atoms with van der Waals surface area (Å²) in [7, 11) is 2.23. The Kier molecular flexibility index (Phi) is 1.97. The summed E-state index contributed by atoms with van der Waals surface area (Å²) in [5.74, 6) is 0. The van der Waals surface area contributed by atoms with Crippen LogP contribution in [0.2, 0.25) is 0 Å². The van der Waals surface area contributed by atoms with Gasteiger partial charge in [0.25, 0.3) is 0 Å². The predicted molar refractivity (Wildman–Crippen MR) is 55.6 cm³/mol. The second-order valence-corrected chi connectivity index (χ2v) is 6.00. The topological polar surface area (TPSA) is 29.3 Å². The summed E-state index contributed by atoms with van der Waals surface area (Å²) in [4.78, 5) is 2.47. The van der Waals surface area contributed by atoms with E-state index in [0.29, 0.717) is 5.41 Å².